The lowest BCUT2D eigenvalue weighted by atomic mass is 10.1. The van der Waals surface area contributed by atoms with E-state index >= 15 is 0 Å². The molecule has 0 aliphatic carbocycles. The number of piperidine rings is 1. The van der Waals surface area contributed by atoms with Crippen LogP contribution in [-0.2, 0) is 0 Å². The number of hydrogen-bond acceptors (Lipinski definition) is 4. The molecule has 0 bridgehead atoms. The van der Waals surface area contributed by atoms with Crippen molar-refractivity contribution >= 4 is 21.8 Å². The van der Waals surface area contributed by atoms with E-state index in [1.165, 1.54) is 12.4 Å². The zero-order valence-electron chi connectivity index (χ0n) is 8.64. The van der Waals surface area contributed by atoms with Crippen molar-refractivity contribution in [2.75, 3.05) is 13.1 Å². The Labute approximate surface area is 102 Å². The summed E-state index contributed by atoms with van der Waals surface area (Å²) in [6.07, 6.45) is 3.95. The molecule has 0 atom stereocenters. The summed E-state index contributed by atoms with van der Waals surface area (Å²) in [4.78, 5) is 21.6. The number of aliphatic hydroxyl groups is 1. The largest absolute Gasteiger partial charge is 0.393 e. The molecule has 5 nitrogen and oxygen atoms in total. The Morgan fingerprint density at radius 1 is 1.38 bits per heavy atom. The van der Waals surface area contributed by atoms with Crippen molar-refractivity contribution in [2.45, 2.75) is 18.9 Å². The van der Waals surface area contributed by atoms with Crippen LogP contribution in [0, 0.1) is 0 Å². The highest BCUT2D eigenvalue weighted by Gasteiger charge is 2.23. The van der Waals surface area contributed by atoms with Gasteiger partial charge in [-0.25, -0.2) is 9.97 Å². The normalized spacial score (nSPS) is 17.5. The lowest BCUT2D eigenvalue weighted by molar-refractivity contribution is 0.0541. The van der Waals surface area contributed by atoms with E-state index < -0.39 is 0 Å². The van der Waals surface area contributed by atoms with Crippen LogP contribution in [0.5, 0.6) is 0 Å². The van der Waals surface area contributed by atoms with E-state index in [4.69, 9.17) is 0 Å². The Bertz CT molecular complexity index is 374. The fourth-order valence-electron chi connectivity index (χ4n) is 1.65. The highest BCUT2D eigenvalue weighted by Crippen LogP contribution is 2.13. The van der Waals surface area contributed by atoms with Crippen molar-refractivity contribution in [1.29, 1.82) is 0 Å². The SMILES string of the molecule is O=C(c1cnc(Br)cn1)N1CCC(O)CC1. The molecule has 1 N–H and O–H groups in total. The number of carbonyl (C=O) groups excluding carboxylic acids is 1. The lowest BCUT2D eigenvalue weighted by Crippen LogP contribution is -2.40. The second-order valence-electron chi connectivity index (χ2n) is 3.75. The van der Waals surface area contributed by atoms with Gasteiger partial charge in [0.25, 0.3) is 5.91 Å². The summed E-state index contributed by atoms with van der Waals surface area (Å²) in [5.41, 5.74) is 0.347. The van der Waals surface area contributed by atoms with Gasteiger partial charge in [-0.2, -0.15) is 0 Å². The third-order valence-electron chi connectivity index (χ3n) is 2.59. The van der Waals surface area contributed by atoms with Gasteiger partial charge in [-0.05, 0) is 28.8 Å². The highest BCUT2D eigenvalue weighted by molar-refractivity contribution is 9.10. The minimum absolute atomic E-state index is 0.119. The van der Waals surface area contributed by atoms with E-state index in [-0.39, 0.29) is 12.0 Å². The van der Waals surface area contributed by atoms with Crippen LogP contribution in [0.25, 0.3) is 0 Å². The molecular weight excluding hydrogens is 274 g/mol. The third-order valence-corrected chi connectivity index (χ3v) is 3.00. The van der Waals surface area contributed by atoms with Gasteiger partial charge in [-0.3, -0.25) is 4.79 Å². The molecule has 0 radical (unpaired) electrons. The molecule has 16 heavy (non-hydrogen) atoms. The average molecular weight is 286 g/mol. The number of carbonyl (C=O) groups is 1. The van der Waals surface area contributed by atoms with Gasteiger partial charge in [-0.1, -0.05) is 0 Å². The van der Waals surface area contributed by atoms with Crippen LogP contribution in [-0.4, -0.2) is 45.1 Å². The zero-order valence-corrected chi connectivity index (χ0v) is 10.2. The molecule has 1 amide bonds. The number of nitrogens with zero attached hydrogens (tertiary/aromatic N) is 3. The first-order chi connectivity index (χ1) is 7.66. The highest BCUT2D eigenvalue weighted by atomic mass is 79.9. The molecule has 1 aliphatic heterocycles. The van der Waals surface area contributed by atoms with Gasteiger partial charge in [0.15, 0.2) is 0 Å². The van der Waals surface area contributed by atoms with Crippen LogP contribution < -0.4 is 0 Å². The Hall–Kier alpha value is -1.01. The summed E-state index contributed by atoms with van der Waals surface area (Å²) >= 11 is 3.17. The standard InChI is InChI=1S/C10H12BrN3O2/c11-9-6-12-8(5-13-9)10(16)14-3-1-7(15)2-4-14/h5-7,15H,1-4H2. The Morgan fingerprint density at radius 2 is 2.06 bits per heavy atom. The smallest absolute Gasteiger partial charge is 0.274 e. The molecule has 1 saturated heterocycles. The van der Waals surface area contributed by atoms with Gasteiger partial charge in [0.05, 0.1) is 18.5 Å². The van der Waals surface area contributed by atoms with E-state index in [0.29, 0.717) is 36.2 Å². The van der Waals surface area contributed by atoms with Gasteiger partial charge in [0, 0.05) is 13.1 Å². The van der Waals surface area contributed by atoms with Crippen molar-refractivity contribution in [3.05, 3.63) is 22.7 Å². The summed E-state index contributed by atoms with van der Waals surface area (Å²) in [5.74, 6) is -0.119. The predicted octanol–water partition coefficient (Wildman–Crippen LogP) is 0.836. The second kappa shape index (κ2) is 4.88. The molecule has 1 fully saturated rings. The minimum Gasteiger partial charge on any atom is -0.393 e. The van der Waals surface area contributed by atoms with Crippen LogP contribution >= 0.6 is 15.9 Å². The number of amides is 1. The molecule has 2 heterocycles. The van der Waals surface area contributed by atoms with Crippen molar-refractivity contribution in [3.8, 4) is 0 Å². The Morgan fingerprint density at radius 3 is 2.62 bits per heavy atom. The average Bonchev–Trinajstić information content (AvgIpc) is 2.30. The number of rotatable bonds is 1. The topological polar surface area (TPSA) is 66.3 Å². The lowest BCUT2D eigenvalue weighted by Gasteiger charge is -2.29. The maximum Gasteiger partial charge on any atom is 0.274 e. The molecule has 2 rings (SSSR count). The van der Waals surface area contributed by atoms with E-state index in [1.807, 2.05) is 0 Å². The molecule has 86 valence electrons. The molecule has 0 aromatic carbocycles. The van der Waals surface area contributed by atoms with Gasteiger partial charge < -0.3 is 10.0 Å². The third kappa shape index (κ3) is 2.56. The van der Waals surface area contributed by atoms with Crippen LogP contribution in [0.1, 0.15) is 23.3 Å². The minimum atomic E-state index is -0.278. The van der Waals surface area contributed by atoms with Crippen molar-refractivity contribution in [2.24, 2.45) is 0 Å². The fourth-order valence-corrected chi connectivity index (χ4v) is 1.86. The summed E-state index contributed by atoms with van der Waals surface area (Å²) in [7, 11) is 0. The van der Waals surface area contributed by atoms with Crippen molar-refractivity contribution < 1.29 is 9.90 Å². The molecule has 0 saturated carbocycles. The van der Waals surface area contributed by atoms with Gasteiger partial charge >= 0.3 is 0 Å². The van der Waals surface area contributed by atoms with Crippen molar-refractivity contribution in [3.63, 3.8) is 0 Å². The fraction of sp³-hybridized carbons (Fsp3) is 0.500. The predicted molar refractivity (Wildman–Crippen MR) is 60.9 cm³/mol. The van der Waals surface area contributed by atoms with Crippen LogP contribution in [0.4, 0.5) is 0 Å². The monoisotopic (exact) mass is 285 g/mol. The Kier molecular flexibility index (Phi) is 3.50. The summed E-state index contributed by atoms with van der Waals surface area (Å²) in [5, 5.41) is 9.34. The molecule has 1 aromatic rings. The molecule has 6 heteroatoms. The van der Waals surface area contributed by atoms with Crippen LogP contribution in [0.3, 0.4) is 0 Å². The number of likely N-dealkylation sites (tertiary alicyclic amines) is 1. The van der Waals surface area contributed by atoms with E-state index in [0.717, 1.165) is 0 Å². The molecule has 0 spiro atoms. The quantitative estimate of drug-likeness (QED) is 0.830. The molecular formula is C10H12BrN3O2. The maximum atomic E-state index is 11.9. The molecule has 1 aromatic heterocycles. The van der Waals surface area contributed by atoms with E-state index in [2.05, 4.69) is 25.9 Å². The number of hydrogen-bond donors (Lipinski definition) is 1. The zero-order chi connectivity index (χ0) is 11.5. The first-order valence-corrected chi connectivity index (χ1v) is 5.91. The first kappa shape index (κ1) is 11.5. The second-order valence-corrected chi connectivity index (χ2v) is 4.56. The number of aromatic nitrogens is 2. The molecule has 1 aliphatic rings. The van der Waals surface area contributed by atoms with Crippen LogP contribution in [0.2, 0.25) is 0 Å². The van der Waals surface area contributed by atoms with Crippen LogP contribution in [0.15, 0.2) is 17.0 Å². The van der Waals surface area contributed by atoms with Crippen molar-refractivity contribution in [1.82, 2.24) is 14.9 Å². The number of halogens is 1. The summed E-state index contributed by atoms with van der Waals surface area (Å²) in [6, 6.07) is 0. The summed E-state index contributed by atoms with van der Waals surface area (Å²) < 4.78 is 0.609. The van der Waals surface area contributed by atoms with Gasteiger partial charge in [0.2, 0.25) is 0 Å². The van der Waals surface area contributed by atoms with E-state index in [1.54, 1.807) is 4.90 Å². The van der Waals surface area contributed by atoms with Gasteiger partial charge in [0.1, 0.15) is 10.3 Å². The molecule has 0 unspecified atom stereocenters. The van der Waals surface area contributed by atoms with Gasteiger partial charge in [-0.15, -0.1) is 0 Å². The Balaban J connectivity index is 2.05. The van der Waals surface area contributed by atoms with E-state index in [9.17, 15) is 9.90 Å². The number of aliphatic hydroxyl groups excluding tert-OH is 1. The first-order valence-electron chi connectivity index (χ1n) is 5.11. The summed E-state index contributed by atoms with van der Waals surface area (Å²) in [6.45, 7) is 1.16. The maximum absolute atomic E-state index is 11.9.